The summed E-state index contributed by atoms with van der Waals surface area (Å²) in [7, 11) is 0. The zero-order chi connectivity index (χ0) is 13.2. The van der Waals surface area contributed by atoms with Gasteiger partial charge < -0.3 is 16.2 Å². The van der Waals surface area contributed by atoms with Gasteiger partial charge in [-0.15, -0.1) is 0 Å². The number of amides is 1. The predicted molar refractivity (Wildman–Crippen MR) is 64.5 cm³/mol. The topological polar surface area (TPSA) is 95.4 Å². The van der Waals surface area contributed by atoms with Crippen molar-refractivity contribution in [1.82, 2.24) is 0 Å². The van der Waals surface area contributed by atoms with E-state index in [1.54, 1.807) is 20.8 Å². The maximum absolute atomic E-state index is 11.8. The number of hydrogen-bond donors (Lipinski definition) is 2. The van der Waals surface area contributed by atoms with Crippen LogP contribution in [0.15, 0.2) is 18.2 Å². The van der Waals surface area contributed by atoms with Crippen LogP contribution in [0.4, 0.5) is 5.69 Å². The summed E-state index contributed by atoms with van der Waals surface area (Å²) >= 11 is 0. The smallest absolute Gasteiger partial charge is 0.340 e. The summed E-state index contributed by atoms with van der Waals surface area (Å²) in [5, 5.41) is 0. The molecule has 0 saturated heterocycles. The zero-order valence-electron chi connectivity index (χ0n) is 10.1. The highest BCUT2D eigenvalue weighted by Gasteiger charge is 2.21. The van der Waals surface area contributed by atoms with E-state index in [2.05, 4.69) is 0 Å². The van der Waals surface area contributed by atoms with Gasteiger partial charge in [-0.05, 0) is 32.9 Å². The van der Waals surface area contributed by atoms with Crippen LogP contribution in [-0.4, -0.2) is 17.5 Å². The fourth-order valence-electron chi connectivity index (χ4n) is 1.29. The van der Waals surface area contributed by atoms with Gasteiger partial charge in [0.25, 0.3) is 5.91 Å². The molecule has 5 nitrogen and oxygen atoms in total. The average molecular weight is 236 g/mol. The molecule has 0 unspecified atom stereocenters. The Morgan fingerprint density at radius 3 is 2.18 bits per heavy atom. The van der Waals surface area contributed by atoms with Gasteiger partial charge in [-0.25, -0.2) is 4.79 Å². The van der Waals surface area contributed by atoms with Crippen LogP contribution in [0.2, 0.25) is 0 Å². The number of anilines is 1. The summed E-state index contributed by atoms with van der Waals surface area (Å²) in [4.78, 5) is 22.9. The molecule has 0 fully saturated rings. The van der Waals surface area contributed by atoms with E-state index in [0.29, 0.717) is 0 Å². The maximum atomic E-state index is 11.8. The third kappa shape index (κ3) is 3.21. The highest BCUT2D eigenvalue weighted by molar-refractivity contribution is 6.05. The fourth-order valence-corrected chi connectivity index (χ4v) is 1.29. The van der Waals surface area contributed by atoms with Crippen molar-refractivity contribution in [1.29, 1.82) is 0 Å². The van der Waals surface area contributed by atoms with Gasteiger partial charge in [0.05, 0.1) is 16.8 Å². The normalized spacial score (nSPS) is 11.0. The van der Waals surface area contributed by atoms with Crippen LogP contribution in [0.1, 0.15) is 41.5 Å². The second-order valence-electron chi connectivity index (χ2n) is 4.63. The van der Waals surface area contributed by atoms with Crippen LogP contribution in [0.5, 0.6) is 0 Å². The van der Waals surface area contributed by atoms with E-state index < -0.39 is 17.5 Å². The fraction of sp³-hybridized carbons (Fsp3) is 0.333. The van der Waals surface area contributed by atoms with Crippen LogP contribution >= 0.6 is 0 Å². The molecule has 0 aliphatic heterocycles. The Morgan fingerprint density at radius 1 is 1.18 bits per heavy atom. The minimum Gasteiger partial charge on any atom is -0.456 e. The standard InChI is InChI=1S/C12H16N2O3/c1-12(2,3)17-11(16)8-6-4-5-7(9(8)13)10(14)15/h4-6H,13H2,1-3H3,(H2,14,15). The number of ether oxygens (including phenoxy) is 1. The minimum absolute atomic E-state index is 0.0502. The summed E-state index contributed by atoms with van der Waals surface area (Å²) < 4.78 is 5.17. The van der Waals surface area contributed by atoms with Crippen molar-refractivity contribution in [2.45, 2.75) is 26.4 Å². The number of nitrogen functional groups attached to an aromatic ring is 1. The molecule has 1 aromatic rings. The number of esters is 1. The van der Waals surface area contributed by atoms with Crippen LogP contribution in [0, 0.1) is 0 Å². The first-order valence-electron chi connectivity index (χ1n) is 5.14. The predicted octanol–water partition coefficient (Wildman–Crippen LogP) is 1.32. The summed E-state index contributed by atoms with van der Waals surface area (Å²) in [5.74, 6) is -1.24. The van der Waals surface area contributed by atoms with Crippen molar-refractivity contribution in [3.8, 4) is 0 Å². The summed E-state index contributed by atoms with van der Waals surface area (Å²) in [5.41, 5.74) is 10.5. The van der Waals surface area contributed by atoms with Crippen molar-refractivity contribution in [2.24, 2.45) is 5.73 Å². The third-order valence-corrected chi connectivity index (χ3v) is 1.99. The lowest BCUT2D eigenvalue weighted by Crippen LogP contribution is -2.25. The molecule has 5 heteroatoms. The maximum Gasteiger partial charge on any atom is 0.340 e. The lowest BCUT2D eigenvalue weighted by Gasteiger charge is -2.20. The Bertz CT molecular complexity index is 461. The van der Waals surface area contributed by atoms with E-state index in [9.17, 15) is 9.59 Å². The number of rotatable bonds is 2. The summed E-state index contributed by atoms with van der Waals surface area (Å²) in [6, 6.07) is 4.50. The first-order valence-corrected chi connectivity index (χ1v) is 5.14. The monoisotopic (exact) mass is 236 g/mol. The van der Waals surface area contributed by atoms with Gasteiger partial charge >= 0.3 is 5.97 Å². The Kier molecular flexibility index (Phi) is 3.41. The number of nitrogens with two attached hydrogens (primary N) is 2. The van der Waals surface area contributed by atoms with Crippen LogP contribution in [0.3, 0.4) is 0 Å². The zero-order valence-corrected chi connectivity index (χ0v) is 10.1. The lowest BCUT2D eigenvalue weighted by molar-refractivity contribution is 0.00708. The number of carbonyl (C=O) groups is 2. The quantitative estimate of drug-likeness (QED) is 0.598. The Balaban J connectivity index is 3.11. The molecule has 0 aromatic heterocycles. The molecular weight excluding hydrogens is 220 g/mol. The largest absolute Gasteiger partial charge is 0.456 e. The average Bonchev–Trinajstić information content (AvgIpc) is 2.14. The molecule has 0 bridgehead atoms. The molecule has 0 saturated carbocycles. The highest BCUT2D eigenvalue weighted by atomic mass is 16.6. The molecule has 92 valence electrons. The molecule has 1 amide bonds. The van der Waals surface area contributed by atoms with E-state index >= 15 is 0 Å². The second-order valence-corrected chi connectivity index (χ2v) is 4.63. The van der Waals surface area contributed by atoms with Crippen molar-refractivity contribution in [3.05, 3.63) is 29.3 Å². The number of benzene rings is 1. The van der Waals surface area contributed by atoms with Gasteiger partial charge in [-0.1, -0.05) is 6.07 Å². The minimum atomic E-state index is -0.673. The van der Waals surface area contributed by atoms with E-state index in [-0.39, 0.29) is 16.8 Å². The number of hydrogen-bond acceptors (Lipinski definition) is 4. The van der Waals surface area contributed by atoms with Gasteiger partial charge in [0, 0.05) is 0 Å². The molecule has 0 atom stereocenters. The molecule has 1 rings (SSSR count). The van der Waals surface area contributed by atoms with Crippen molar-refractivity contribution < 1.29 is 14.3 Å². The second kappa shape index (κ2) is 4.45. The van der Waals surface area contributed by atoms with Gasteiger partial charge in [-0.2, -0.15) is 0 Å². The highest BCUT2D eigenvalue weighted by Crippen LogP contribution is 2.20. The van der Waals surface area contributed by atoms with Gasteiger partial charge in [0.15, 0.2) is 0 Å². The van der Waals surface area contributed by atoms with Gasteiger partial charge in [0.1, 0.15) is 5.60 Å². The van der Waals surface area contributed by atoms with E-state index in [1.807, 2.05) is 0 Å². The van der Waals surface area contributed by atoms with E-state index in [4.69, 9.17) is 16.2 Å². The molecular formula is C12H16N2O3. The van der Waals surface area contributed by atoms with E-state index in [1.165, 1.54) is 18.2 Å². The van der Waals surface area contributed by atoms with Crippen molar-refractivity contribution >= 4 is 17.6 Å². The SMILES string of the molecule is CC(C)(C)OC(=O)c1cccc(C(N)=O)c1N. The first-order chi connectivity index (χ1) is 7.72. The van der Waals surface area contributed by atoms with Crippen molar-refractivity contribution in [2.75, 3.05) is 5.73 Å². The lowest BCUT2D eigenvalue weighted by atomic mass is 10.1. The Labute approximate surface area is 99.7 Å². The van der Waals surface area contributed by atoms with Crippen LogP contribution < -0.4 is 11.5 Å². The Hall–Kier alpha value is -2.04. The van der Waals surface area contributed by atoms with Gasteiger partial charge in [-0.3, -0.25) is 4.79 Å². The molecule has 0 radical (unpaired) electrons. The molecule has 0 aliphatic carbocycles. The van der Waals surface area contributed by atoms with Crippen molar-refractivity contribution in [3.63, 3.8) is 0 Å². The van der Waals surface area contributed by atoms with E-state index in [0.717, 1.165) is 0 Å². The Morgan fingerprint density at radius 2 is 1.71 bits per heavy atom. The number of para-hydroxylation sites is 1. The van der Waals surface area contributed by atoms with Gasteiger partial charge in [0.2, 0.25) is 0 Å². The summed E-state index contributed by atoms with van der Waals surface area (Å²) in [6.07, 6.45) is 0. The van der Waals surface area contributed by atoms with Crippen LogP contribution in [-0.2, 0) is 4.74 Å². The molecule has 0 spiro atoms. The molecule has 1 aromatic carbocycles. The number of primary amides is 1. The number of carbonyl (C=O) groups excluding carboxylic acids is 2. The first kappa shape index (κ1) is 13.0. The van der Waals surface area contributed by atoms with Crippen LogP contribution in [0.25, 0.3) is 0 Å². The third-order valence-electron chi connectivity index (χ3n) is 1.99. The molecule has 17 heavy (non-hydrogen) atoms. The molecule has 0 heterocycles. The molecule has 0 aliphatic rings. The summed E-state index contributed by atoms with van der Waals surface area (Å²) in [6.45, 7) is 5.25. The molecule has 4 N–H and O–H groups in total.